The van der Waals surface area contributed by atoms with Gasteiger partial charge in [0.05, 0.1) is 12.9 Å². The molecule has 0 amide bonds. The third-order valence-electron chi connectivity index (χ3n) is 3.27. The molecular weight excluding hydrogens is 372 g/mol. The summed E-state index contributed by atoms with van der Waals surface area (Å²) in [6, 6.07) is 0.970. The molecular formula is C17H40O7Si2. The average molecular weight is 413 g/mol. The molecule has 0 aliphatic rings. The molecule has 0 rings (SSSR count). The minimum Gasteiger partial charge on any atom is -0.502 e. The lowest BCUT2D eigenvalue weighted by Crippen LogP contribution is -2.49. The fraction of sp³-hybridized carbons (Fsp3) is 0.882. The van der Waals surface area contributed by atoms with E-state index in [0.717, 1.165) is 19.1 Å². The van der Waals surface area contributed by atoms with Gasteiger partial charge in [-0.2, -0.15) is 0 Å². The molecule has 7 nitrogen and oxygen atoms in total. The van der Waals surface area contributed by atoms with Gasteiger partial charge in [0.25, 0.3) is 0 Å². The molecule has 0 spiro atoms. The Morgan fingerprint density at radius 2 is 1.19 bits per heavy atom. The van der Waals surface area contributed by atoms with E-state index in [9.17, 15) is 0 Å². The number of hydrogen-bond acceptors (Lipinski definition) is 7. The average Bonchev–Trinajstić information content (AvgIpc) is 2.63. The molecule has 26 heavy (non-hydrogen) atoms. The fourth-order valence-corrected chi connectivity index (χ4v) is 5.16. The van der Waals surface area contributed by atoms with Gasteiger partial charge in [-0.1, -0.05) is 6.08 Å². The maximum atomic E-state index is 5.42. The Balaban J connectivity index is 0. The van der Waals surface area contributed by atoms with Crippen LogP contribution in [-0.4, -0.2) is 64.9 Å². The number of hydrogen-bond donors (Lipinski definition) is 0. The second kappa shape index (κ2) is 18.1. The Morgan fingerprint density at radius 3 is 1.50 bits per heavy atom. The molecule has 0 aromatic heterocycles. The predicted octanol–water partition coefficient (Wildman–Crippen LogP) is 3.86. The maximum absolute atomic E-state index is 5.42. The Labute approximate surface area is 162 Å². The third-order valence-corrected chi connectivity index (χ3v) is 8.83. The largest absolute Gasteiger partial charge is 0.679 e. The van der Waals surface area contributed by atoms with E-state index in [2.05, 4.69) is 6.55 Å². The molecule has 0 N–H and O–H groups in total. The molecule has 0 aromatic carbocycles. The predicted molar refractivity (Wildman–Crippen MR) is 108 cm³/mol. The van der Waals surface area contributed by atoms with Crippen LogP contribution in [0, 0.1) is 0 Å². The molecule has 0 heterocycles. The van der Waals surface area contributed by atoms with Crippen molar-refractivity contribution in [3.8, 4) is 0 Å². The van der Waals surface area contributed by atoms with Gasteiger partial charge >= 0.3 is 17.6 Å². The summed E-state index contributed by atoms with van der Waals surface area (Å²) in [5, 5.41) is 0. The first-order valence-corrected chi connectivity index (χ1v) is 13.5. The maximum Gasteiger partial charge on any atom is 0.679 e. The zero-order valence-corrected chi connectivity index (χ0v) is 20.0. The first kappa shape index (κ1) is 27.9. The van der Waals surface area contributed by atoms with E-state index in [1.165, 1.54) is 0 Å². The van der Waals surface area contributed by atoms with Crippen LogP contribution in [0.25, 0.3) is 0 Å². The van der Waals surface area contributed by atoms with Gasteiger partial charge in [0, 0.05) is 40.6 Å². The van der Waals surface area contributed by atoms with Crippen LogP contribution in [0.2, 0.25) is 12.6 Å². The van der Waals surface area contributed by atoms with Crippen molar-refractivity contribution in [1.82, 2.24) is 0 Å². The van der Waals surface area contributed by atoms with Crippen molar-refractivity contribution >= 4 is 17.6 Å². The second-order valence-corrected chi connectivity index (χ2v) is 11.0. The molecule has 0 saturated carbocycles. The summed E-state index contributed by atoms with van der Waals surface area (Å²) in [4.78, 5) is 0. The SMILES string of the molecule is CC=COCCC[Si](C)(OC)OC.CCO[Si](OCC)(OCC)OCC. The number of ether oxygens (including phenoxy) is 1. The topological polar surface area (TPSA) is 64.6 Å². The molecule has 0 unspecified atom stereocenters. The van der Waals surface area contributed by atoms with Crippen molar-refractivity contribution in [1.29, 1.82) is 0 Å². The van der Waals surface area contributed by atoms with Crippen LogP contribution in [0.1, 0.15) is 41.0 Å². The zero-order chi connectivity index (χ0) is 20.3. The van der Waals surface area contributed by atoms with E-state index in [1.807, 2.05) is 40.7 Å². The van der Waals surface area contributed by atoms with Gasteiger partial charge < -0.3 is 31.3 Å². The molecule has 0 fully saturated rings. The quantitative estimate of drug-likeness (QED) is 0.230. The summed E-state index contributed by atoms with van der Waals surface area (Å²) in [6.07, 6.45) is 4.57. The van der Waals surface area contributed by atoms with Crippen LogP contribution in [-0.2, 0) is 31.3 Å². The standard InChI is InChI=1S/C9H20O3Si.C8H20O4Si/c1-5-7-12-8-6-9-13(4,10-2)11-3;1-5-9-13(10-6-2,11-7-3)12-8-4/h5,7H,6,8-9H2,1-4H3;5-8H2,1-4H3. The highest BCUT2D eigenvalue weighted by molar-refractivity contribution is 6.65. The van der Waals surface area contributed by atoms with E-state index in [-0.39, 0.29) is 0 Å². The van der Waals surface area contributed by atoms with Crippen molar-refractivity contribution in [3.63, 3.8) is 0 Å². The normalized spacial score (nSPS) is 12.2. The van der Waals surface area contributed by atoms with Crippen molar-refractivity contribution in [2.75, 3.05) is 47.3 Å². The molecule has 0 aliphatic heterocycles. The van der Waals surface area contributed by atoms with Crippen LogP contribution in [0.3, 0.4) is 0 Å². The van der Waals surface area contributed by atoms with E-state index < -0.39 is 17.6 Å². The third kappa shape index (κ3) is 13.9. The Kier molecular flexibility index (Phi) is 19.5. The summed E-state index contributed by atoms with van der Waals surface area (Å²) in [5.41, 5.74) is 0. The van der Waals surface area contributed by atoms with E-state index in [4.69, 9.17) is 31.3 Å². The van der Waals surface area contributed by atoms with Gasteiger partial charge in [0.1, 0.15) is 0 Å². The Bertz CT molecular complexity index is 297. The highest BCUT2D eigenvalue weighted by Crippen LogP contribution is 2.13. The molecule has 0 aromatic rings. The lowest BCUT2D eigenvalue weighted by atomic mass is 10.5. The van der Waals surface area contributed by atoms with Crippen molar-refractivity contribution in [2.45, 2.75) is 53.6 Å². The van der Waals surface area contributed by atoms with Crippen LogP contribution in [0.4, 0.5) is 0 Å². The lowest BCUT2D eigenvalue weighted by molar-refractivity contribution is -0.0247. The van der Waals surface area contributed by atoms with Gasteiger partial charge in [0.2, 0.25) is 0 Å². The monoisotopic (exact) mass is 412 g/mol. The summed E-state index contributed by atoms with van der Waals surface area (Å²) in [6.45, 7) is 14.5. The first-order valence-electron chi connectivity index (χ1n) is 9.31. The van der Waals surface area contributed by atoms with Gasteiger partial charge in [-0.25, -0.2) is 0 Å². The molecule has 0 saturated heterocycles. The smallest absolute Gasteiger partial charge is 0.502 e. The Hall–Kier alpha value is -0.266. The molecule has 0 radical (unpaired) electrons. The van der Waals surface area contributed by atoms with E-state index in [0.29, 0.717) is 26.4 Å². The zero-order valence-electron chi connectivity index (χ0n) is 18.0. The van der Waals surface area contributed by atoms with E-state index in [1.54, 1.807) is 20.5 Å². The summed E-state index contributed by atoms with van der Waals surface area (Å²) in [5.74, 6) is 0. The highest BCUT2D eigenvalue weighted by Gasteiger charge is 2.44. The summed E-state index contributed by atoms with van der Waals surface area (Å²) < 4.78 is 37.6. The second-order valence-electron chi connectivity index (χ2n) is 5.22. The van der Waals surface area contributed by atoms with Crippen LogP contribution < -0.4 is 0 Å². The Morgan fingerprint density at radius 1 is 0.769 bits per heavy atom. The first-order chi connectivity index (χ1) is 12.4. The molecule has 158 valence electrons. The van der Waals surface area contributed by atoms with Gasteiger partial charge in [-0.3, -0.25) is 0 Å². The fourth-order valence-electron chi connectivity index (χ4n) is 1.89. The molecule has 0 aliphatic carbocycles. The van der Waals surface area contributed by atoms with Crippen LogP contribution in [0.15, 0.2) is 12.3 Å². The lowest BCUT2D eigenvalue weighted by Gasteiger charge is -2.26. The van der Waals surface area contributed by atoms with E-state index >= 15 is 0 Å². The van der Waals surface area contributed by atoms with Crippen molar-refractivity contribution in [3.05, 3.63) is 12.3 Å². The highest BCUT2D eigenvalue weighted by atomic mass is 28.4. The minimum absolute atomic E-state index is 0.548. The summed E-state index contributed by atoms with van der Waals surface area (Å²) in [7, 11) is -1.24. The van der Waals surface area contributed by atoms with Gasteiger partial charge in [0.15, 0.2) is 0 Å². The van der Waals surface area contributed by atoms with Gasteiger partial charge in [-0.05, 0) is 53.6 Å². The molecule has 9 heteroatoms. The van der Waals surface area contributed by atoms with Crippen LogP contribution in [0.5, 0.6) is 0 Å². The van der Waals surface area contributed by atoms with Crippen LogP contribution >= 0.6 is 0 Å². The number of allylic oxidation sites excluding steroid dienone is 1. The van der Waals surface area contributed by atoms with Crippen molar-refractivity contribution < 1.29 is 31.3 Å². The van der Waals surface area contributed by atoms with Crippen molar-refractivity contribution in [2.24, 2.45) is 0 Å². The molecule has 0 atom stereocenters. The minimum atomic E-state index is -2.80. The number of rotatable bonds is 15. The summed E-state index contributed by atoms with van der Waals surface area (Å²) >= 11 is 0. The molecule has 0 bridgehead atoms. The van der Waals surface area contributed by atoms with Gasteiger partial charge in [-0.15, -0.1) is 0 Å².